The Kier molecular flexibility index (Phi) is 7.44. The van der Waals surface area contributed by atoms with Crippen LogP contribution >= 0.6 is 0 Å². The lowest BCUT2D eigenvalue weighted by Crippen LogP contribution is -2.89. The number of rotatable bonds is 3. The van der Waals surface area contributed by atoms with Crippen LogP contribution in [0.25, 0.3) is 0 Å². The third-order valence-electron chi connectivity index (χ3n) is 14.5. The summed E-state index contributed by atoms with van der Waals surface area (Å²) in [6, 6.07) is 0.0514. The van der Waals surface area contributed by atoms with Gasteiger partial charge < -0.3 is 15.3 Å². The first-order valence-corrected chi connectivity index (χ1v) is 17.6. The van der Waals surface area contributed by atoms with Gasteiger partial charge in [0.2, 0.25) is 0 Å². The van der Waals surface area contributed by atoms with Crippen LogP contribution in [0.1, 0.15) is 117 Å². The molecule has 0 spiro atoms. The van der Waals surface area contributed by atoms with Crippen LogP contribution in [0.2, 0.25) is 0 Å². The zero-order valence-corrected chi connectivity index (χ0v) is 25.7. The molecule has 0 amide bonds. The third-order valence-corrected chi connectivity index (χ3v) is 14.5. The van der Waals surface area contributed by atoms with E-state index in [2.05, 4.69) is 28.5 Å². The Morgan fingerprint density at radius 3 is 1.80 bits per heavy atom. The molecule has 0 aromatic rings. The van der Waals surface area contributed by atoms with Crippen LogP contribution in [0, 0.1) is 28.6 Å². The van der Waals surface area contributed by atoms with Crippen molar-refractivity contribution in [2.45, 2.75) is 146 Å². The topological polar surface area (TPSA) is 70.4 Å². The Balaban J connectivity index is 1.43. The highest BCUT2D eigenvalue weighted by Gasteiger charge is 2.77. The van der Waals surface area contributed by atoms with E-state index in [1.165, 1.54) is 57.8 Å². The van der Waals surface area contributed by atoms with E-state index >= 15 is 0 Å². The van der Waals surface area contributed by atoms with Crippen molar-refractivity contribution in [2.24, 2.45) is 28.6 Å². The van der Waals surface area contributed by atoms with Crippen LogP contribution in [-0.4, -0.2) is 98.8 Å². The summed E-state index contributed by atoms with van der Waals surface area (Å²) in [7, 11) is 0. The second-order valence-electron chi connectivity index (χ2n) is 15.9. The fraction of sp³-hybridized carbons (Fsp3) is 1.00. The van der Waals surface area contributed by atoms with Gasteiger partial charge in [0.05, 0.1) is 23.9 Å². The van der Waals surface area contributed by atoms with Gasteiger partial charge in [-0.15, -0.1) is 0 Å². The quantitative estimate of drug-likeness (QED) is 0.471. The van der Waals surface area contributed by atoms with Gasteiger partial charge in [0.15, 0.2) is 0 Å². The lowest BCUT2D eigenvalue weighted by Gasteiger charge is -2.77. The van der Waals surface area contributed by atoms with E-state index in [0.29, 0.717) is 24.2 Å². The maximum atomic E-state index is 13.1. The van der Waals surface area contributed by atoms with E-state index in [-0.39, 0.29) is 28.6 Å². The number of likely N-dealkylation sites (tertiary alicyclic amines) is 3. The summed E-state index contributed by atoms with van der Waals surface area (Å²) in [5.41, 5.74) is -1.51. The lowest BCUT2D eigenvalue weighted by atomic mass is 9.39. The second kappa shape index (κ2) is 10.4. The second-order valence-corrected chi connectivity index (χ2v) is 15.9. The lowest BCUT2D eigenvalue weighted by molar-refractivity contribution is -0.340. The molecular formula is C34H59N3O3. The minimum absolute atomic E-state index is 0.0341. The zero-order valence-electron chi connectivity index (χ0n) is 25.7. The van der Waals surface area contributed by atoms with Crippen LogP contribution < -0.4 is 0 Å². The van der Waals surface area contributed by atoms with E-state index in [0.717, 1.165) is 77.8 Å². The molecule has 4 saturated carbocycles. The first kappa shape index (κ1) is 28.5. The van der Waals surface area contributed by atoms with E-state index in [4.69, 9.17) is 0 Å². The molecule has 7 rings (SSSR count). The molecule has 3 N–H and O–H groups in total. The summed E-state index contributed by atoms with van der Waals surface area (Å²) in [4.78, 5) is 8.46. The van der Waals surface area contributed by atoms with Crippen molar-refractivity contribution >= 4 is 0 Å². The molecule has 0 bridgehead atoms. The summed E-state index contributed by atoms with van der Waals surface area (Å²) in [5.74, 6) is 1.55. The van der Waals surface area contributed by atoms with Gasteiger partial charge in [-0.25, -0.2) is 0 Å². The van der Waals surface area contributed by atoms with Crippen molar-refractivity contribution < 1.29 is 15.3 Å². The van der Waals surface area contributed by atoms with Gasteiger partial charge in [-0.05, 0) is 139 Å². The van der Waals surface area contributed by atoms with Gasteiger partial charge in [0.1, 0.15) is 5.66 Å². The number of fused-ring (bicyclic) bond motifs is 5. The predicted octanol–water partition coefficient (Wildman–Crippen LogP) is 4.61. The summed E-state index contributed by atoms with van der Waals surface area (Å²) in [6.07, 6.45) is 17.3. The van der Waals surface area contributed by atoms with Crippen LogP contribution in [0.4, 0.5) is 0 Å². The number of hydrogen-bond donors (Lipinski definition) is 3. The number of hydrogen-bond acceptors (Lipinski definition) is 6. The van der Waals surface area contributed by atoms with Crippen LogP contribution in [0.5, 0.6) is 0 Å². The Labute approximate surface area is 243 Å². The molecule has 3 heterocycles. The van der Waals surface area contributed by atoms with Gasteiger partial charge in [-0.3, -0.25) is 14.7 Å². The maximum absolute atomic E-state index is 13.1. The molecule has 9 atom stereocenters. The van der Waals surface area contributed by atoms with E-state index < -0.39 is 11.7 Å². The van der Waals surface area contributed by atoms with Gasteiger partial charge in [0.25, 0.3) is 0 Å². The van der Waals surface area contributed by atoms with Gasteiger partial charge in [-0.2, -0.15) is 0 Å². The molecule has 1 unspecified atom stereocenters. The van der Waals surface area contributed by atoms with Crippen molar-refractivity contribution in [1.82, 2.24) is 14.7 Å². The van der Waals surface area contributed by atoms with Crippen LogP contribution in [0.3, 0.4) is 0 Å². The number of piperidine rings is 3. The molecular weight excluding hydrogens is 498 g/mol. The number of aliphatic hydroxyl groups excluding tert-OH is 2. The molecule has 4 aliphatic carbocycles. The molecule has 0 aromatic heterocycles. The zero-order chi connectivity index (χ0) is 27.8. The minimum atomic E-state index is -0.861. The van der Waals surface area contributed by atoms with Crippen molar-refractivity contribution in [3.63, 3.8) is 0 Å². The molecule has 228 valence electrons. The fourth-order valence-corrected chi connectivity index (χ4v) is 12.7. The molecule has 7 aliphatic rings. The van der Waals surface area contributed by atoms with Gasteiger partial charge in [-0.1, -0.05) is 33.1 Å². The molecule has 3 aliphatic heterocycles. The van der Waals surface area contributed by atoms with E-state index in [1.54, 1.807) is 0 Å². The van der Waals surface area contributed by atoms with Crippen molar-refractivity contribution in [3.05, 3.63) is 0 Å². The highest BCUT2D eigenvalue weighted by Crippen LogP contribution is 2.71. The third kappa shape index (κ3) is 3.81. The maximum Gasteiger partial charge on any atom is 0.101 e. The predicted molar refractivity (Wildman–Crippen MR) is 159 cm³/mol. The Bertz CT molecular complexity index is 896. The number of nitrogens with zero attached hydrogens (tertiary/aromatic N) is 3. The molecule has 6 heteroatoms. The smallest absolute Gasteiger partial charge is 0.101 e. The molecule has 7 fully saturated rings. The van der Waals surface area contributed by atoms with E-state index in [9.17, 15) is 15.3 Å². The van der Waals surface area contributed by atoms with Crippen LogP contribution in [0.15, 0.2) is 0 Å². The highest BCUT2D eigenvalue weighted by atomic mass is 16.3. The largest absolute Gasteiger partial charge is 0.393 e. The highest BCUT2D eigenvalue weighted by molar-refractivity contribution is 5.28. The monoisotopic (exact) mass is 557 g/mol. The SMILES string of the molecule is C[C@]12CC[C@H]3[C@@H](CC[C@@]4(O)C[C@H](O)C(N5CCCCC5)C(N5CCCCC5)(N5CCCCC5)[C@]34C)[C@@H]1CC[C@@H]2O. The molecule has 0 aromatic carbocycles. The first-order chi connectivity index (χ1) is 19.3. The minimum Gasteiger partial charge on any atom is -0.393 e. The molecule has 3 saturated heterocycles. The summed E-state index contributed by atoms with van der Waals surface area (Å²) >= 11 is 0. The Hall–Kier alpha value is -0.240. The standard InChI is InChI=1S/C34H59N3O3/c1-31-16-15-27-25(26(31)12-13-29(31)39)14-17-33(40)24-28(38)30(35-18-6-3-7-19-35)34(32(27,33)2,36-20-8-4-9-21-36)37-22-10-5-11-23-37/h25-30,38-40H,3-24H2,1-2H3/t25-,26-,27-,28-,29-,30?,31-,32+,33+/m0/s1. The fourth-order valence-electron chi connectivity index (χ4n) is 12.7. The average Bonchev–Trinajstić information content (AvgIpc) is 3.28. The molecule has 6 nitrogen and oxygen atoms in total. The Morgan fingerprint density at radius 1 is 0.625 bits per heavy atom. The molecule has 40 heavy (non-hydrogen) atoms. The summed E-state index contributed by atoms with van der Waals surface area (Å²) in [6.45, 7) is 11.5. The van der Waals surface area contributed by atoms with Gasteiger partial charge in [0, 0.05) is 11.8 Å². The van der Waals surface area contributed by atoms with Crippen molar-refractivity contribution in [3.8, 4) is 0 Å². The van der Waals surface area contributed by atoms with E-state index in [1.807, 2.05) is 0 Å². The summed E-state index contributed by atoms with van der Waals surface area (Å²) < 4.78 is 0. The summed E-state index contributed by atoms with van der Waals surface area (Å²) in [5, 5.41) is 36.7. The number of aliphatic hydroxyl groups is 3. The van der Waals surface area contributed by atoms with Crippen molar-refractivity contribution in [1.29, 1.82) is 0 Å². The van der Waals surface area contributed by atoms with Gasteiger partial charge >= 0.3 is 0 Å². The first-order valence-electron chi connectivity index (χ1n) is 17.6. The Morgan fingerprint density at radius 2 is 1.20 bits per heavy atom. The normalized spacial score (nSPS) is 50.6. The van der Waals surface area contributed by atoms with Crippen LogP contribution in [-0.2, 0) is 0 Å². The average molecular weight is 558 g/mol. The van der Waals surface area contributed by atoms with Crippen molar-refractivity contribution in [2.75, 3.05) is 39.3 Å². The molecule has 0 radical (unpaired) electrons.